The number of aromatic nitrogens is 2. The molecule has 1 saturated carbocycles. The number of rotatable bonds is 19. The third-order valence-electron chi connectivity index (χ3n) is 8.60. The van der Waals surface area contributed by atoms with Crippen molar-refractivity contribution in [2.75, 3.05) is 0 Å². The van der Waals surface area contributed by atoms with Crippen molar-refractivity contribution < 1.29 is 0 Å². The molecule has 38 heavy (non-hydrogen) atoms. The fourth-order valence-electron chi connectivity index (χ4n) is 5.98. The third-order valence-corrected chi connectivity index (χ3v) is 8.60. The van der Waals surface area contributed by atoms with Crippen LogP contribution in [0.5, 0.6) is 0 Å². The molecule has 0 radical (unpaired) electrons. The molecule has 2 heteroatoms. The highest BCUT2D eigenvalue weighted by Gasteiger charge is 2.18. The first-order valence-electron chi connectivity index (χ1n) is 16.3. The Bertz CT molecular complexity index is 859. The van der Waals surface area contributed by atoms with Crippen LogP contribution < -0.4 is 0 Å². The van der Waals surface area contributed by atoms with Crippen molar-refractivity contribution >= 4 is 0 Å². The summed E-state index contributed by atoms with van der Waals surface area (Å²) >= 11 is 0. The van der Waals surface area contributed by atoms with Crippen molar-refractivity contribution in [3.8, 4) is 11.4 Å². The largest absolute Gasteiger partial charge is 0.236 e. The molecule has 1 aromatic heterocycles. The van der Waals surface area contributed by atoms with Crippen molar-refractivity contribution in [2.24, 2.45) is 11.8 Å². The van der Waals surface area contributed by atoms with E-state index in [0.29, 0.717) is 0 Å². The lowest BCUT2D eigenvalue weighted by Crippen LogP contribution is -2.13. The molecule has 0 bridgehead atoms. The van der Waals surface area contributed by atoms with E-state index in [1.807, 2.05) is 12.4 Å². The first-order chi connectivity index (χ1) is 18.8. The van der Waals surface area contributed by atoms with Gasteiger partial charge in [-0.1, -0.05) is 127 Å². The minimum absolute atomic E-state index is 0.820. The molecule has 210 valence electrons. The summed E-state index contributed by atoms with van der Waals surface area (Å²) in [7, 11) is 0. The number of nitrogens with zero attached hydrogens (tertiary/aromatic N) is 2. The normalized spacial score (nSPS) is 17.8. The van der Waals surface area contributed by atoms with Gasteiger partial charge in [-0.05, 0) is 74.3 Å². The Balaban J connectivity index is 1.29. The maximum atomic E-state index is 4.67. The Labute approximate surface area is 235 Å². The van der Waals surface area contributed by atoms with E-state index in [0.717, 1.165) is 42.5 Å². The van der Waals surface area contributed by atoms with Crippen LogP contribution in [0, 0.1) is 11.8 Å². The lowest BCUT2D eigenvalue weighted by Gasteiger charge is -2.26. The molecule has 1 aromatic carbocycles. The van der Waals surface area contributed by atoms with Gasteiger partial charge in [0.2, 0.25) is 0 Å². The zero-order valence-electron chi connectivity index (χ0n) is 24.8. The van der Waals surface area contributed by atoms with Gasteiger partial charge in [0.25, 0.3) is 0 Å². The van der Waals surface area contributed by atoms with Crippen molar-refractivity contribution in [3.05, 3.63) is 59.9 Å². The van der Waals surface area contributed by atoms with Crippen LogP contribution in [-0.2, 0) is 12.8 Å². The Hall–Kier alpha value is -1.96. The van der Waals surface area contributed by atoms with Gasteiger partial charge in [0.15, 0.2) is 5.82 Å². The molecule has 0 amide bonds. The highest BCUT2D eigenvalue weighted by atomic mass is 14.9. The molecule has 2 aromatic rings. The van der Waals surface area contributed by atoms with Gasteiger partial charge in [-0.3, -0.25) is 0 Å². The minimum Gasteiger partial charge on any atom is -0.236 e. The van der Waals surface area contributed by atoms with E-state index in [4.69, 9.17) is 0 Å². The maximum absolute atomic E-state index is 4.67. The molecule has 1 aliphatic carbocycles. The topological polar surface area (TPSA) is 25.8 Å². The molecule has 0 saturated heterocycles. The lowest BCUT2D eigenvalue weighted by molar-refractivity contribution is 0.289. The SMILES string of the molecule is CCCCCCCCCCCc1cnc(-c2ccc(CCC=CC3CCC(CCCCC)CC3)cc2)nc1. The molecular formula is C36H56N2. The summed E-state index contributed by atoms with van der Waals surface area (Å²) in [6, 6.07) is 8.89. The summed E-state index contributed by atoms with van der Waals surface area (Å²) in [5, 5.41) is 0. The molecule has 1 aliphatic rings. The second-order valence-corrected chi connectivity index (χ2v) is 11.9. The molecule has 3 rings (SSSR count). The highest BCUT2D eigenvalue weighted by Crippen LogP contribution is 2.32. The fraction of sp³-hybridized carbons (Fsp3) is 0.667. The Morgan fingerprint density at radius 3 is 1.92 bits per heavy atom. The second kappa shape index (κ2) is 19.2. The first kappa shape index (κ1) is 30.6. The van der Waals surface area contributed by atoms with E-state index in [9.17, 15) is 0 Å². The second-order valence-electron chi connectivity index (χ2n) is 11.9. The average Bonchev–Trinajstić information content (AvgIpc) is 2.96. The predicted molar refractivity (Wildman–Crippen MR) is 165 cm³/mol. The number of aryl methyl sites for hydroxylation is 2. The standard InChI is InChI=1S/C36H56N2/c1-3-5-7-8-9-10-11-12-14-20-34-29-37-36(38-30-34)35-27-25-33(26-28-35)19-16-15-18-32-23-21-31(22-24-32)17-13-6-4-2/h15,18,25-32H,3-14,16-17,19-24H2,1-2H3. The predicted octanol–water partition coefficient (Wildman–Crippen LogP) is 11.1. The van der Waals surface area contributed by atoms with E-state index in [1.54, 1.807) is 0 Å². The monoisotopic (exact) mass is 516 g/mol. The zero-order chi connectivity index (χ0) is 26.7. The highest BCUT2D eigenvalue weighted by molar-refractivity contribution is 5.55. The van der Waals surface area contributed by atoms with Gasteiger partial charge >= 0.3 is 0 Å². The third kappa shape index (κ3) is 12.3. The number of hydrogen-bond donors (Lipinski definition) is 0. The number of benzene rings is 1. The zero-order valence-corrected chi connectivity index (χ0v) is 24.8. The quantitative estimate of drug-likeness (QED) is 0.137. The fourth-order valence-corrected chi connectivity index (χ4v) is 5.98. The average molecular weight is 517 g/mol. The molecule has 2 nitrogen and oxygen atoms in total. The Morgan fingerprint density at radius 2 is 1.26 bits per heavy atom. The summed E-state index contributed by atoms with van der Waals surface area (Å²) in [5.41, 5.74) is 3.79. The van der Waals surface area contributed by atoms with Crippen LogP contribution >= 0.6 is 0 Å². The summed E-state index contributed by atoms with van der Waals surface area (Å²) in [5.74, 6) is 2.67. The van der Waals surface area contributed by atoms with Crippen LogP contribution in [0.2, 0.25) is 0 Å². The number of allylic oxidation sites excluding steroid dienone is 2. The molecule has 0 atom stereocenters. The van der Waals surface area contributed by atoms with Crippen LogP contribution in [0.4, 0.5) is 0 Å². The van der Waals surface area contributed by atoms with E-state index in [-0.39, 0.29) is 0 Å². The van der Waals surface area contributed by atoms with Crippen LogP contribution in [-0.4, -0.2) is 9.97 Å². The van der Waals surface area contributed by atoms with Crippen LogP contribution in [0.25, 0.3) is 11.4 Å². The molecule has 1 heterocycles. The smallest absolute Gasteiger partial charge is 0.159 e. The van der Waals surface area contributed by atoms with Crippen molar-refractivity contribution in [1.82, 2.24) is 9.97 Å². The van der Waals surface area contributed by atoms with Gasteiger partial charge in [-0.25, -0.2) is 9.97 Å². The molecule has 0 aliphatic heterocycles. The van der Waals surface area contributed by atoms with Crippen LogP contribution in [0.3, 0.4) is 0 Å². The summed E-state index contributed by atoms with van der Waals surface area (Å²) < 4.78 is 0. The number of hydrogen-bond acceptors (Lipinski definition) is 2. The van der Waals surface area contributed by atoms with Crippen LogP contribution in [0.1, 0.15) is 141 Å². The minimum atomic E-state index is 0.820. The molecule has 0 spiro atoms. The van der Waals surface area contributed by atoms with Gasteiger partial charge < -0.3 is 0 Å². The van der Waals surface area contributed by atoms with Crippen LogP contribution in [0.15, 0.2) is 48.8 Å². The summed E-state index contributed by atoms with van der Waals surface area (Å²) in [4.78, 5) is 9.33. The summed E-state index contributed by atoms with van der Waals surface area (Å²) in [6.45, 7) is 4.59. The molecule has 0 N–H and O–H groups in total. The Kier molecular flexibility index (Phi) is 15.4. The van der Waals surface area contributed by atoms with Crippen molar-refractivity contribution in [1.29, 1.82) is 0 Å². The van der Waals surface area contributed by atoms with Crippen molar-refractivity contribution in [2.45, 2.75) is 142 Å². The van der Waals surface area contributed by atoms with Gasteiger partial charge in [0.1, 0.15) is 0 Å². The van der Waals surface area contributed by atoms with Gasteiger partial charge in [-0.2, -0.15) is 0 Å². The van der Waals surface area contributed by atoms with E-state index in [1.165, 1.54) is 120 Å². The Morgan fingerprint density at radius 1 is 0.658 bits per heavy atom. The van der Waals surface area contributed by atoms with E-state index in [2.05, 4.69) is 60.2 Å². The molecule has 1 fully saturated rings. The van der Waals surface area contributed by atoms with E-state index < -0.39 is 0 Å². The van der Waals surface area contributed by atoms with Gasteiger partial charge in [-0.15, -0.1) is 0 Å². The maximum Gasteiger partial charge on any atom is 0.159 e. The molecule has 0 unspecified atom stereocenters. The first-order valence-corrected chi connectivity index (χ1v) is 16.3. The summed E-state index contributed by atoms with van der Waals surface area (Å²) in [6.07, 6.45) is 36.1. The number of unbranched alkanes of at least 4 members (excludes halogenated alkanes) is 10. The van der Waals surface area contributed by atoms with Crippen molar-refractivity contribution in [3.63, 3.8) is 0 Å². The van der Waals surface area contributed by atoms with E-state index >= 15 is 0 Å². The van der Waals surface area contributed by atoms with Gasteiger partial charge in [0.05, 0.1) is 0 Å². The molecular weight excluding hydrogens is 460 g/mol. The van der Waals surface area contributed by atoms with Gasteiger partial charge in [0, 0.05) is 18.0 Å². The lowest BCUT2D eigenvalue weighted by atomic mass is 9.79.